The molecule has 1 fully saturated rings. The van der Waals surface area contributed by atoms with Crippen LogP contribution in [0.2, 0.25) is 0 Å². The van der Waals surface area contributed by atoms with Gasteiger partial charge in [0.1, 0.15) is 6.10 Å². The minimum Gasteiger partial charge on any atom is -0.462 e. The molecule has 1 saturated heterocycles. The summed E-state index contributed by atoms with van der Waals surface area (Å²) in [6, 6.07) is 0. The zero-order chi connectivity index (χ0) is 24.1. The molecule has 7 atom stereocenters. The van der Waals surface area contributed by atoms with Crippen molar-refractivity contribution in [3.8, 4) is 0 Å². The van der Waals surface area contributed by atoms with Gasteiger partial charge in [0.05, 0.1) is 12.0 Å². The number of rotatable bonds is 14. The summed E-state index contributed by atoms with van der Waals surface area (Å²) in [5, 5.41) is 10.7. The second-order valence-corrected chi connectivity index (χ2v) is 10.4. The largest absolute Gasteiger partial charge is 0.462 e. The van der Waals surface area contributed by atoms with Crippen molar-refractivity contribution in [2.75, 3.05) is 0 Å². The lowest BCUT2D eigenvalue weighted by Gasteiger charge is -2.31. The molecule has 3 heteroatoms. The molecule has 0 aliphatic carbocycles. The summed E-state index contributed by atoms with van der Waals surface area (Å²) in [7, 11) is 0. The lowest BCUT2D eigenvalue weighted by Crippen LogP contribution is -2.35. The lowest BCUT2D eigenvalue weighted by molar-refractivity contribution is -0.164. The van der Waals surface area contributed by atoms with E-state index in [2.05, 4.69) is 71.9 Å². The number of allylic oxidation sites excluding steroid dienone is 4. The maximum atomic E-state index is 11.8. The van der Waals surface area contributed by atoms with E-state index >= 15 is 0 Å². The summed E-state index contributed by atoms with van der Waals surface area (Å²) >= 11 is 0. The van der Waals surface area contributed by atoms with Gasteiger partial charge in [-0.2, -0.15) is 0 Å². The van der Waals surface area contributed by atoms with E-state index < -0.39 is 0 Å². The van der Waals surface area contributed by atoms with Crippen LogP contribution in [0.5, 0.6) is 0 Å². The van der Waals surface area contributed by atoms with Gasteiger partial charge in [-0.15, -0.1) is 0 Å². The number of cyclic esters (lactones) is 1. The van der Waals surface area contributed by atoms with Crippen molar-refractivity contribution >= 4 is 5.97 Å². The van der Waals surface area contributed by atoms with Crippen molar-refractivity contribution in [3.05, 3.63) is 36.0 Å². The monoisotopic (exact) mass is 446 g/mol. The average molecular weight is 447 g/mol. The Hall–Kier alpha value is -1.35. The molecule has 1 rings (SSSR count). The molecular weight excluding hydrogens is 396 g/mol. The van der Waals surface area contributed by atoms with Gasteiger partial charge in [0, 0.05) is 11.8 Å². The molecule has 1 aliphatic heterocycles. The van der Waals surface area contributed by atoms with Gasteiger partial charge in [-0.05, 0) is 64.2 Å². The molecule has 32 heavy (non-hydrogen) atoms. The first kappa shape index (κ1) is 28.7. The third-order valence-corrected chi connectivity index (χ3v) is 6.96. The van der Waals surface area contributed by atoms with E-state index in [0.717, 1.165) is 25.7 Å². The molecule has 1 aliphatic rings. The molecular formula is C29H50O3. The molecule has 1 N–H and O–H groups in total. The lowest BCUT2D eigenvalue weighted by atomic mass is 9.87. The molecule has 0 aromatic rings. The number of ether oxygens (including phenoxy) is 1. The van der Waals surface area contributed by atoms with Gasteiger partial charge in [0.25, 0.3) is 0 Å². The second-order valence-electron chi connectivity index (χ2n) is 10.4. The normalized spacial score (nSPS) is 26.3. The molecule has 184 valence electrons. The maximum Gasteiger partial charge on any atom is 0.308 e. The van der Waals surface area contributed by atoms with E-state index in [1.165, 1.54) is 31.3 Å². The molecule has 0 aromatic carbocycles. The Morgan fingerprint density at radius 1 is 1.12 bits per heavy atom. The summed E-state index contributed by atoms with van der Waals surface area (Å²) < 4.78 is 5.58. The van der Waals surface area contributed by atoms with E-state index in [1.54, 1.807) is 0 Å². The summed E-state index contributed by atoms with van der Waals surface area (Å²) in [5.41, 5.74) is 1.39. The first-order chi connectivity index (χ1) is 15.1. The van der Waals surface area contributed by atoms with Crippen molar-refractivity contribution in [3.63, 3.8) is 0 Å². The van der Waals surface area contributed by atoms with Crippen molar-refractivity contribution in [1.82, 2.24) is 0 Å². The van der Waals surface area contributed by atoms with Crippen LogP contribution in [-0.2, 0) is 9.53 Å². The fraction of sp³-hybridized carbons (Fsp3) is 0.759. The number of esters is 1. The molecule has 0 radical (unpaired) electrons. The number of unbranched alkanes of at least 4 members (excludes halogenated alkanes) is 2. The predicted octanol–water partition coefficient (Wildman–Crippen LogP) is 7.65. The maximum absolute atomic E-state index is 11.8. The number of aliphatic hydroxyl groups excluding tert-OH is 1. The van der Waals surface area contributed by atoms with E-state index in [4.69, 9.17) is 4.74 Å². The molecule has 0 aromatic heterocycles. The summed E-state index contributed by atoms with van der Waals surface area (Å²) in [6.07, 6.45) is 19.4. The van der Waals surface area contributed by atoms with Crippen LogP contribution in [0.15, 0.2) is 36.0 Å². The third-order valence-electron chi connectivity index (χ3n) is 6.96. The number of aliphatic hydroxyl groups is 1. The first-order valence-corrected chi connectivity index (χ1v) is 13.0. The summed E-state index contributed by atoms with van der Waals surface area (Å²) in [5.74, 6) is 1.32. The molecule has 3 nitrogen and oxygen atoms in total. The Bertz CT molecular complexity index is 618. The fourth-order valence-corrected chi connectivity index (χ4v) is 4.80. The van der Waals surface area contributed by atoms with E-state index in [1.807, 2.05) is 6.92 Å². The van der Waals surface area contributed by atoms with E-state index in [0.29, 0.717) is 11.8 Å². The van der Waals surface area contributed by atoms with Crippen LogP contribution in [-0.4, -0.2) is 23.3 Å². The van der Waals surface area contributed by atoms with Crippen LogP contribution in [0.1, 0.15) is 99.8 Å². The Morgan fingerprint density at radius 3 is 2.53 bits per heavy atom. The van der Waals surface area contributed by atoms with E-state index in [-0.39, 0.29) is 35.9 Å². The van der Waals surface area contributed by atoms with Crippen LogP contribution in [0.25, 0.3) is 0 Å². The number of hydrogen-bond donors (Lipinski definition) is 1. The Morgan fingerprint density at radius 2 is 1.84 bits per heavy atom. The van der Waals surface area contributed by atoms with Crippen LogP contribution >= 0.6 is 0 Å². The molecule has 0 bridgehead atoms. The van der Waals surface area contributed by atoms with Crippen molar-refractivity contribution < 1.29 is 14.6 Å². The number of hydrogen-bond acceptors (Lipinski definition) is 3. The SMILES string of the molecule is C/C=C\C(C)CCCCC/C(C)=C\C(C)C(O)C(C)/C=C\CCC1OC(=O)C(C)CC1C. The van der Waals surface area contributed by atoms with Crippen LogP contribution in [0.4, 0.5) is 0 Å². The van der Waals surface area contributed by atoms with Crippen LogP contribution in [0.3, 0.4) is 0 Å². The molecule has 0 spiro atoms. The van der Waals surface area contributed by atoms with Crippen molar-refractivity contribution in [1.29, 1.82) is 0 Å². The quantitative estimate of drug-likeness (QED) is 0.169. The predicted molar refractivity (Wildman–Crippen MR) is 136 cm³/mol. The van der Waals surface area contributed by atoms with Gasteiger partial charge in [-0.3, -0.25) is 4.79 Å². The Balaban J connectivity index is 2.32. The topological polar surface area (TPSA) is 46.5 Å². The fourth-order valence-electron chi connectivity index (χ4n) is 4.80. The van der Waals surface area contributed by atoms with Gasteiger partial charge < -0.3 is 9.84 Å². The molecule has 1 heterocycles. The van der Waals surface area contributed by atoms with E-state index in [9.17, 15) is 9.90 Å². The Kier molecular flexibility index (Phi) is 13.9. The summed E-state index contributed by atoms with van der Waals surface area (Å²) in [6.45, 7) is 14.9. The standard InChI is InChI=1S/C29H50O3/c1-8-14-21(2)15-10-9-11-16-22(3)19-25(6)28(30)23(4)17-12-13-18-27-24(5)20-26(7)29(31)32-27/h8,12,14,17,19,21,23-28,30H,9-11,13,15-16,18,20H2,1-7H3/b14-8-,17-12-,22-19-. The number of carbonyl (C=O) groups excluding carboxylic acids is 1. The van der Waals surface area contributed by atoms with Crippen molar-refractivity contribution in [2.45, 2.75) is 112 Å². The minimum absolute atomic E-state index is 0.0249. The van der Waals surface area contributed by atoms with Gasteiger partial charge in [-0.25, -0.2) is 0 Å². The third kappa shape index (κ3) is 11.0. The highest BCUT2D eigenvalue weighted by Gasteiger charge is 2.32. The van der Waals surface area contributed by atoms with Gasteiger partial charge in [-0.1, -0.05) is 83.4 Å². The zero-order valence-corrected chi connectivity index (χ0v) is 21.8. The highest BCUT2D eigenvalue weighted by Crippen LogP contribution is 2.28. The highest BCUT2D eigenvalue weighted by atomic mass is 16.5. The van der Waals surface area contributed by atoms with Crippen molar-refractivity contribution in [2.24, 2.45) is 29.6 Å². The minimum atomic E-state index is -0.379. The molecule has 0 amide bonds. The number of carbonyl (C=O) groups is 1. The van der Waals surface area contributed by atoms with Gasteiger partial charge in [0.15, 0.2) is 0 Å². The van der Waals surface area contributed by atoms with Crippen LogP contribution < -0.4 is 0 Å². The second kappa shape index (κ2) is 15.5. The first-order valence-electron chi connectivity index (χ1n) is 13.0. The zero-order valence-electron chi connectivity index (χ0n) is 21.8. The highest BCUT2D eigenvalue weighted by molar-refractivity contribution is 5.72. The smallest absolute Gasteiger partial charge is 0.308 e. The molecule has 7 unspecified atom stereocenters. The molecule has 0 saturated carbocycles. The van der Waals surface area contributed by atoms with Crippen LogP contribution in [0, 0.1) is 29.6 Å². The summed E-state index contributed by atoms with van der Waals surface area (Å²) in [4.78, 5) is 11.8. The van der Waals surface area contributed by atoms with Gasteiger partial charge in [0.2, 0.25) is 0 Å². The Labute approximate surface area is 198 Å². The average Bonchev–Trinajstić information content (AvgIpc) is 2.73. The van der Waals surface area contributed by atoms with Gasteiger partial charge >= 0.3 is 5.97 Å².